The van der Waals surface area contributed by atoms with E-state index in [0.717, 1.165) is 12.8 Å². The summed E-state index contributed by atoms with van der Waals surface area (Å²) in [4.78, 5) is 25.4. The molecule has 26 heavy (non-hydrogen) atoms. The number of alkyl halides is 1. The maximum atomic E-state index is 13.2. The second-order valence-corrected chi connectivity index (χ2v) is 7.74. The molecule has 2 aromatic rings. The lowest BCUT2D eigenvalue weighted by molar-refractivity contribution is 0.0941. The summed E-state index contributed by atoms with van der Waals surface area (Å²) in [6.07, 6.45) is 3.67. The van der Waals surface area contributed by atoms with Crippen molar-refractivity contribution < 1.29 is 9.18 Å². The summed E-state index contributed by atoms with van der Waals surface area (Å²) in [7, 11) is 0. The minimum Gasteiger partial charge on any atom is -0.352 e. The van der Waals surface area contributed by atoms with Gasteiger partial charge in [0.1, 0.15) is 6.17 Å². The zero-order valence-corrected chi connectivity index (χ0v) is 15.9. The monoisotopic (exact) mass is 378 g/mol. The Balaban J connectivity index is 1.86. The fourth-order valence-electron chi connectivity index (χ4n) is 3.60. The average molecular weight is 379 g/mol. The third-order valence-corrected chi connectivity index (χ3v) is 5.49. The summed E-state index contributed by atoms with van der Waals surface area (Å²) < 4.78 is 14.9. The van der Waals surface area contributed by atoms with Crippen LogP contribution >= 0.6 is 11.6 Å². The maximum absolute atomic E-state index is 13.2. The van der Waals surface area contributed by atoms with Crippen molar-refractivity contribution in [3.05, 3.63) is 45.3 Å². The predicted octanol–water partition coefficient (Wildman–Crippen LogP) is 4.49. The molecule has 1 N–H and O–H groups in total. The highest BCUT2D eigenvalue weighted by Crippen LogP contribution is 2.27. The van der Waals surface area contributed by atoms with E-state index in [2.05, 4.69) is 5.32 Å². The molecule has 1 saturated carbocycles. The molecule has 140 valence electrons. The number of pyridine rings is 1. The van der Waals surface area contributed by atoms with Crippen LogP contribution in [0.25, 0.3) is 10.8 Å². The average Bonchev–Trinajstić information content (AvgIpc) is 2.60. The van der Waals surface area contributed by atoms with Crippen molar-refractivity contribution in [3.8, 4) is 0 Å². The number of fused-ring (bicyclic) bond motifs is 1. The lowest BCUT2D eigenvalue weighted by Gasteiger charge is -2.24. The van der Waals surface area contributed by atoms with Gasteiger partial charge < -0.3 is 9.88 Å². The van der Waals surface area contributed by atoms with E-state index < -0.39 is 6.17 Å². The molecule has 1 heterocycles. The zero-order valence-electron chi connectivity index (χ0n) is 15.1. The van der Waals surface area contributed by atoms with Gasteiger partial charge in [0, 0.05) is 29.6 Å². The van der Waals surface area contributed by atoms with Crippen LogP contribution in [0.3, 0.4) is 0 Å². The number of aromatic nitrogens is 1. The van der Waals surface area contributed by atoms with Gasteiger partial charge in [-0.1, -0.05) is 11.6 Å². The lowest BCUT2D eigenvalue weighted by Crippen LogP contribution is -2.32. The van der Waals surface area contributed by atoms with E-state index in [1.807, 2.05) is 13.8 Å². The molecule has 6 heteroatoms. The number of halogens is 2. The second kappa shape index (κ2) is 7.78. The zero-order chi connectivity index (χ0) is 18.8. The third-order valence-electron chi connectivity index (χ3n) is 5.17. The van der Waals surface area contributed by atoms with Crippen molar-refractivity contribution in [3.63, 3.8) is 0 Å². The quantitative estimate of drug-likeness (QED) is 0.851. The summed E-state index contributed by atoms with van der Waals surface area (Å²) >= 11 is 6.27. The Kier molecular flexibility index (Phi) is 5.66. The van der Waals surface area contributed by atoms with E-state index in [1.165, 1.54) is 0 Å². The fourth-order valence-corrected chi connectivity index (χ4v) is 3.85. The van der Waals surface area contributed by atoms with Gasteiger partial charge in [-0.05, 0) is 63.6 Å². The number of hydrogen-bond acceptors (Lipinski definition) is 2. The first-order chi connectivity index (χ1) is 12.4. The molecule has 0 radical (unpaired) electrons. The first kappa shape index (κ1) is 18.9. The van der Waals surface area contributed by atoms with Crippen molar-refractivity contribution in [2.24, 2.45) is 5.92 Å². The first-order valence-electron chi connectivity index (χ1n) is 9.14. The largest absolute Gasteiger partial charge is 0.352 e. The van der Waals surface area contributed by atoms with Crippen molar-refractivity contribution in [1.82, 2.24) is 9.88 Å². The van der Waals surface area contributed by atoms with Crippen LogP contribution in [0.1, 0.15) is 55.9 Å². The van der Waals surface area contributed by atoms with Gasteiger partial charge in [-0.2, -0.15) is 0 Å². The minimum absolute atomic E-state index is 0.0329. The van der Waals surface area contributed by atoms with Crippen LogP contribution in [0, 0.1) is 5.92 Å². The number of hydrogen-bond donors (Lipinski definition) is 1. The summed E-state index contributed by atoms with van der Waals surface area (Å²) in [6.45, 7) is 4.37. The smallest absolute Gasteiger partial charge is 0.258 e. The molecule has 0 spiro atoms. The van der Waals surface area contributed by atoms with E-state index in [0.29, 0.717) is 40.7 Å². The van der Waals surface area contributed by atoms with Crippen molar-refractivity contribution in [2.45, 2.75) is 51.7 Å². The Labute approximate surface area is 157 Å². The van der Waals surface area contributed by atoms with Gasteiger partial charge in [0.2, 0.25) is 0 Å². The van der Waals surface area contributed by atoms with Gasteiger partial charge >= 0.3 is 0 Å². The molecule has 3 rings (SSSR count). The molecule has 0 unspecified atom stereocenters. The number of benzene rings is 1. The molecule has 1 aromatic carbocycles. The Hall–Kier alpha value is -1.88. The van der Waals surface area contributed by atoms with Gasteiger partial charge in [0.05, 0.1) is 10.6 Å². The molecule has 0 saturated heterocycles. The topological polar surface area (TPSA) is 51.1 Å². The van der Waals surface area contributed by atoms with Crippen LogP contribution in [0.4, 0.5) is 4.39 Å². The van der Waals surface area contributed by atoms with E-state index >= 15 is 0 Å². The molecule has 0 bridgehead atoms. The summed E-state index contributed by atoms with van der Waals surface area (Å²) in [5, 5.41) is 4.28. The van der Waals surface area contributed by atoms with Gasteiger partial charge in [-0.25, -0.2) is 4.39 Å². The fraction of sp³-hybridized carbons (Fsp3) is 0.500. The summed E-state index contributed by atoms with van der Waals surface area (Å²) in [5.41, 5.74) is 0.195. The minimum atomic E-state index is -0.711. The molecule has 4 nitrogen and oxygen atoms in total. The first-order valence-corrected chi connectivity index (χ1v) is 9.52. The SMILES string of the molecule is CC(C)n1ccc2c(C(=O)NCC3CCC(F)CC3)c(Cl)ccc2c1=O. The van der Waals surface area contributed by atoms with Gasteiger partial charge in [-0.3, -0.25) is 9.59 Å². The Morgan fingerprint density at radius 1 is 1.23 bits per heavy atom. The maximum Gasteiger partial charge on any atom is 0.258 e. The Morgan fingerprint density at radius 3 is 2.58 bits per heavy atom. The molecule has 0 atom stereocenters. The van der Waals surface area contributed by atoms with Crippen LogP contribution in [0.5, 0.6) is 0 Å². The van der Waals surface area contributed by atoms with E-state index in [9.17, 15) is 14.0 Å². The number of carbonyl (C=O) groups excluding carboxylic acids is 1. The second-order valence-electron chi connectivity index (χ2n) is 7.33. The lowest BCUT2D eigenvalue weighted by atomic mass is 9.88. The van der Waals surface area contributed by atoms with Gasteiger partial charge in [0.25, 0.3) is 11.5 Å². The molecule has 1 aliphatic rings. The van der Waals surface area contributed by atoms with E-state index in [-0.39, 0.29) is 23.4 Å². The molecular weight excluding hydrogens is 355 g/mol. The van der Waals surface area contributed by atoms with Crippen LogP contribution < -0.4 is 10.9 Å². The molecule has 1 aromatic heterocycles. The highest BCUT2D eigenvalue weighted by atomic mass is 35.5. The van der Waals surface area contributed by atoms with Crippen LogP contribution in [-0.4, -0.2) is 23.2 Å². The number of amides is 1. The number of nitrogens with zero attached hydrogens (tertiary/aromatic N) is 1. The highest BCUT2D eigenvalue weighted by molar-refractivity contribution is 6.35. The third kappa shape index (κ3) is 3.78. The van der Waals surface area contributed by atoms with Crippen LogP contribution in [0.15, 0.2) is 29.2 Å². The van der Waals surface area contributed by atoms with Crippen LogP contribution in [0.2, 0.25) is 5.02 Å². The van der Waals surface area contributed by atoms with Crippen LogP contribution in [-0.2, 0) is 0 Å². The Morgan fingerprint density at radius 2 is 1.92 bits per heavy atom. The van der Waals surface area contributed by atoms with Crippen molar-refractivity contribution >= 4 is 28.3 Å². The van der Waals surface area contributed by atoms with Crippen molar-refractivity contribution in [2.75, 3.05) is 6.54 Å². The van der Waals surface area contributed by atoms with E-state index in [1.54, 1.807) is 29.0 Å². The number of rotatable bonds is 4. The normalized spacial score (nSPS) is 20.5. The summed E-state index contributed by atoms with van der Waals surface area (Å²) in [5.74, 6) is 0.00235. The number of nitrogens with one attached hydrogen (secondary N) is 1. The van der Waals surface area contributed by atoms with E-state index in [4.69, 9.17) is 11.6 Å². The standard InChI is InChI=1S/C20H24ClFN2O2/c1-12(2)24-10-9-15-16(20(24)26)7-8-17(21)18(15)19(25)23-11-13-3-5-14(22)6-4-13/h7-10,12-14H,3-6,11H2,1-2H3,(H,23,25). The molecule has 0 aliphatic heterocycles. The highest BCUT2D eigenvalue weighted by Gasteiger charge is 2.22. The summed E-state index contributed by atoms with van der Waals surface area (Å²) in [6, 6.07) is 5.06. The molecule has 1 fully saturated rings. The Bertz CT molecular complexity index is 870. The van der Waals surface area contributed by atoms with Crippen molar-refractivity contribution in [1.29, 1.82) is 0 Å². The van der Waals surface area contributed by atoms with Gasteiger partial charge in [-0.15, -0.1) is 0 Å². The van der Waals surface area contributed by atoms with Gasteiger partial charge in [0.15, 0.2) is 0 Å². The molecular formula is C20H24ClFN2O2. The number of carbonyl (C=O) groups is 1. The molecule has 1 amide bonds. The molecule has 1 aliphatic carbocycles. The predicted molar refractivity (Wildman–Crippen MR) is 103 cm³/mol.